The molecule has 0 bridgehead atoms. The Labute approximate surface area is 92.1 Å². The van der Waals surface area contributed by atoms with E-state index in [-0.39, 0.29) is 0 Å². The summed E-state index contributed by atoms with van der Waals surface area (Å²) >= 11 is 0. The summed E-state index contributed by atoms with van der Waals surface area (Å²) in [5.74, 6) is 0.852. The number of nitrogens with zero attached hydrogens (tertiary/aromatic N) is 3. The van der Waals surface area contributed by atoms with Crippen LogP contribution in [0.1, 0.15) is 19.3 Å². The van der Waals surface area contributed by atoms with Crippen molar-refractivity contribution in [3.8, 4) is 0 Å². The van der Waals surface area contributed by atoms with Crippen molar-refractivity contribution in [2.24, 2.45) is 10.7 Å². The van der Waals surface area contributed by atoms with Crippen LogP contribution in [0.5, 0.6) is 0 Å². The zero-order valence-electron chi connectivity index (χ0n) is 9.82. The lowest BCUT2D eigenvalue weighted by molar-refractivity contribution is 0.118. The summed E-state index contributed by atoms with van der Waals surface area (Å²) in [6.45, 7) is 3.40. The van der Waals surface area contributed by atoms with Crippen LogP contribution in [0.25, 0.3) is 0 Å². The van der Waals surface area contributed by atoms with Crippen LogP contribution in [-0.2, 0) is 0 Å². The highest BCUT2D eigenvalue weighted by molar-refractivity contribution is 5.81. The van der Waals surface area contributed by atoms with Gasteiger partial charge in [0.1, 0.15) is 0 Å². The first kappa shape index (κ1) is 10.9. The van der Waals surface area contributed by atoms with E-state index in [1.165, 1.54) is 12.8 Å². The van der Waals surface area contributed by atoms with Gasteiger partial charge in [-0.25, -0.2) is 0 Å². The number of amidine groups is 1. The van der Waals surface area contributed by atoms with Gasteiger partial charge >= 0.3 is 0 Å². The summed E-state index contributed by atoms with van der Waals surface area (Å²) in [6.07, 6.45) is 3.40. The van der Waals surface area contributed by atoms with Gasteiger partial charge in [0.05, 0.1) is 11.9 Å². The van der Waals surface area contributed by atoms with Crippen LogP contribution in [0.4, 0.5) is 0 Å². The second-order valence-corrected chi connectivity index (χ2v) is 4.95. The zero-order chi connectivity index (χ0) is 10.8. The minimum Gasteiger partial charge on any atom is -0.387 e. The molecule has 1 atom stereocenters. The number of hydrogen-bond acceptors (Lipinski definition) is 3. The molecule has 1 heterocycles. The molecule has 15 heavy (non-hydrogen) atoms. The summed E-state index contributed by atoms with van der Waals surface area (Å²) in [4.78, 5) is 9.26. The first-order valence-electron chi connectivity index (χ1n) is 5.86. The predicted octanol–water partition coefficient (Wildman–Crippen LogP) is 0.142. The summed E-state index contributed by atoms with van der Waals surface area (Å²) in [7, 11) is 4.36. The van der Waals surface area contributed by atoms with Gasteiger partial charge in [-0.3, -0.25) is 4.99 Å². The summed E-state index contributed by atoms with van der Waals surface area (Å²) in [5.41, 5.74) is 5.96. The molecule has 2 rings (SSSR count). The Hall–Kier alpha value is -0.610. The van der Waals surface area contributed by atoms with E-state index < -0.39 is 0 Å². The maximum Gasteiger partial charge on any atom is 0.0956 e. The van der Waals surface area contributed by atoms with Crippen molar-refractivity contribution in [2.45, 2.75) is 31.3 Å². The van der Waals surface area contributed by atoms with Gasteiger partial charge in [0.15, 0.2) is 0 Å². The van der Waals surface area contributed by atoms with Crippen LogP contribution in [0.15, 0.2) is 4.99 Å². The Morgan fingerprint density at radius 3 is 2.73 bits per heavy atom. The lowest BCUT2D eigenvalue weighted by atomic mass is 10.1. The molecule has 1 saturated carbocycles. The molecular formula is C11H22N4. The maximum absolute atomic E-state index is 5.96. The van der Waals surface area contributed by atoms with Gasteiger partial charge in [0.25, 0.3) is 0 Å². The van der Waals surface area contributed by atoms with Crippen molar-refractivity contribution >= 4 is 5.84 Å². The van der Waals surface area contributed by atoms with E-state index in [9.17, 15) is 0 Å². The Bertz CT molecular complexity index is 247. The highest BCUT2D eigenvalue weighted by Gasteiger charge is 2.25. The average Bonchev–Trinajstić information content (AvgIpc) is 2.95. The monoisotopic (exact) mass is 210 g/mol. The molecule has 2 aliphatic rings. The summed E-state index contributed by atoms with van der Waals surface area (Å²) in [6, 6.07) is 1.10. The lowest BCUT2D eigenvalue weighted by Crippen LogP contribution is -2.51. The third kappa shape index (κ3) is 3.18. The molecule has 0 spiro atoms. The molecule has 1 unspecified atom stereocenters. The van der Waals surface area contributed by atoms with Crippen molar-refractivity contribution in [2.75, 3.05) is 33.7 Å². The SMILES string of the molecule is CN1CCN(C)C(CC(N)=NC2CC2)C1. The molecule has 1 aliphatic heterocycles. The fraction of sp³-hybridized carbons (Fsp3) is 0.909. The lowest BCUT2D eigenvalue weighted by Gasteiger charge is -2.37. The van der Waals surface area contributed by atoms with E-state index in [1.807, 2.05) is 0 Å². The Morgan fingerprint density at radius 1 is 1.33 bits per heavy atom. The number of piperazine rings is 1. The minimum atomic E-state index is 0.547. The molecule has 1 aliphatic carbocycles. The first-order chi connectivity index (χ1) is 7.15. The number of rotatable bonds is 3. The molecule has 4 heteroatoms. The first-order valence-corrected chi connectivity index (χ1v) is 5.86. The van der Waals surface area contributed by atoms with Gasteiger partial charge in [-0.2, -0.15) is 0 Å². The van der Waals surface area contributed by atoms with Gasteiger partial charge in [-0.05, 0) is 26.9 Å². The molecule has 0 amide bonds. The van der Waals surface area contributed by atoms with Crippen LogP contribution >= 0.6 is 0 Å². The second-order valence-electron chi connectivity index (χ2n) is 4.95. The smallest absolute Gasteiger partial charge is 0.0956 e. The van der Waals surface area contributed by atoms with Gasteiger partial charge in [0, 0.05) is 32.1 Å². The van der Waals surface area contributed by atoms with Crippen molar-refractivity contribution in [3.63, 3.8) is 0 Å². The van der Waals surface area contributed by atoms with E-state index in [0.29, 0.717) is 12.1 Å². The Morgan fingerprint density at radius 2 is 2.07 bits per heavy atom. The fourth-order valence-corrected chi connectivity index (χ4v) is 2.05. The van der Waals surface area contributed by atoms with Crippen LogP contribution < -0.4 is 5.73 Å². The molecule has 1 saturated heterocycles. The second kappa shape index (κ2) is 4.49. The van der Waals surface area contributed by atoms with Crippen molar-refractivity contribution in [3.05, 3.63) is 0 Å². The predicted molar refractivity (Wildman–Crippen MR) is 63.2 cm³/mol. The zero-order valence-corrected chi connectivity index (χ0v) is 9.82. The largest absolute Gasteiger partial charge is 0.387 e. The molecule has 86 valence electrons. The van der Waals surface area contributed by atoms with Crippen LogP contribution in [-0.4, -0.2) is 61.4 Å². The number of aliphatic imine (C=N–C) groups is 1. The minimum absolute atomic E-state index is 0.547. The highest BCUT2D eigenvalue weighted by Crippen LogP contribution is 2.23. The van der Waals surface area contributed by atoms with Gasteiger partial charge in [0.2, 0.25) is 0 Å². The van der Waals surface area contributed by atoms with Crippen LogP contribution in [0.2, 0.25) is 0 Å². The van der Waals surface area contributed by atoms with E-state index in [0.717, 1.165) is 31.9 Å². The van der Waals surface area contributed by atoms with Crippen LogP contribution in [0.3, 0.4) is 0 Å². The number of likely N-dealkylation sites (N-methyl/N-ethyl adjacent to an activating group) is 2. The molecular weight excluding hydrogens is 188 g/mol. The molecule has 4 nitrogen and oxygen atoms in total. The molecule has 0 aromatic rings. The molecule has 2 N–H and O–H groups in total. The third-order valence-corrected chi connectivity index (χ3v) is 3.32. The van der Waals surface area contributed by atoms with Gasteiger partial charge in [-0.1, -0.05) is 0 Å². The van der Waals surface area contributed by atoms with Crippen LogP contribution in [0, 0.1) is 0 Å². The van der Waals surface area contributed by atoms with Gasteiger partial charge < -0.3 is 15.5 Å². The quantitative estimate of drug-likeness (QED) is 0.532. The molecule has 0 radical (unpaired) electrons. The molecule has 0 aromatic carbocycles. The third-order valence-electron chi connectivity index (χ3n) is 3.32. The average molecular weight is 210 g/mol. The fourth-order valence-electron chi connectivity index (χ4n) is 2.05. The number of nitrogens with two attached hydrogens (primary N) is 1. The topological polar surface area (TPSA) is 44.9 Å². The molecule has 2 fully saturated rings. The normalized spacial score (nSPS) is 30.8. The standard InChI is InChI=1S/C11H22N4/c1-14-5-6-15(2)10(8-14)7-11(12)13-9-3-4-9/h9-10H,3-8H2,1-2H3,(H2,12,13). The van der Waals surface area contributed by atoms with E-state index in [1.54, 1.807) is 0 Å². The number of hydrogen-bond donors (Lipinski definition) is 1. The van der Waals surface area contributed by atoms with Gasteiger partial charge in [-0.15, -0.1) is 0 Å². The molecule has 0 aromatic heterocycles. The van der Waals surface area contributed by atoms with E-state index in [4.69, 9.17) is 5.73 Å². The Kier molecular flexibility index (Phi) is 3.26. The van der Waals surface area contributed by atoms with Crippen molar-refractivity contribution < 1.29 is 0 Å². The summed E-state index contributed by atoms with van der Waals surface area (Å²) < 4.78 is 0. The van der Waals surface area contributed by atoms with Crippen molar-refractivity contribution in [1.82, 2.24) is 9.80 Å². The summed E-state index contributed by atoms with van der Waals surface area (Å²) in [5, 5.41) is 0. The highest BCUT2D eigenvalue weighted by atomic mass is 15.3. The van der Waals surface area contributed by atoms with Crippen molar-refractivity contribution in [1.29, 1.82) is 0 Å². The maximum atomic E-state index is 5.96. The van der Waals surface area contributed by atoms with E-state index in [2.05, 4.69) is 28.9 Å². The Balaban J connectivity index is 1.85. The van der Waals surface area contributed by atoms with E-state index >= 15 is 0 Å².